The molecule has 1 amide bonds. The molecule has 0 aliphatic heterocycles. The molecule has 0 spiro atoms. The number of benzene rings is 2. The van der Waals surface area contributed by atoms with Crippen LogP contribution in [-0.4, -0.2) is 11.2 Å². The molecule has 0 heterocycles. The Morgan fingerprint density at radius 3 is 2.55 bits per heavy atom. The van der Waals surface area contributed by atoms with Crippen LogP contribution in [-0.2, 0) is 4.79 Å². The van der Waals surface area contributed by atoms with Crippen LogP contribution in [0.15, 0.2) is 41.3 Å². The van der Waals surface area contributed by atoms with Crippen LogP contribution in [0.25, 0.3) is 0 Å². The van der Waals surface area contributed by atoms with Gasteiger partial charge in [-0.15, -0.1) is 11.8 Å². The number of nitrogens with one attached hydrogen (secondary N) is 1. The largest absolute Gasteiger partial charge is 0.324 e. The summed E-state index contributed by atoms with van der Waals surface area (Å²) in [6, 6.07) is 10.0. The van der Waals surface area contributed by atoms with Gasteiger partial charge in [-0.25, -0.2) is 4.39 Å². The molecule has 0 radical (unpaired) electrons. The molecule has 2 nitrogen and oxygen atoms in total. The van der Waals surface area contributed by atoms with Crippen molar-refractivity contribution in [1.29, 1.82) is 0 Å². The highest BCUT2D eigenvalue weighted by atomic mass is 35.5. The SMILES string of the molecule is Cc1ccc(S[C@@H](C)C(=O)Nc2ccc(F)cc2Cl)cc1C. The van der Waals surface area contributed by atoms with Crippen LogP contribution in [0.4, 0.5) is 10.1 Å². The van der Waals surface area contributed by atoms with Gasteiger partial charge in [-0.05, 0) is 62.2 Å². The fraction of sp³-hybridized carbons (Fsp3) is 0.235. The predicted molar refractivity (Wildman–Crippen MR) is 91.3 cm³/mol. The van der Waals surface area contributed by atoms with E-state index in [1.807, 2.05) is 26.0 Å². The molecule has 116 valence electrons. The molecule has 0 aromatic heterocycles. The number of amides is 1. The third-order valence-electron chi connectivity index (χ3n) is 3.35. The summed E-state index contributed by atoms with van der Waals surface area (Å²) in [6.45, 7) is 5.92. The first-order valence-corrected chi connectivity index (χ1v) is 8.12. The lowest BCUT2D eigenvalue weighted by Gasteiger charge is -2.13. The number of thioether (sulfide) groups is 1. The van der Waals surface area contributed by atoms with Gasteiger partial charge in [-0.1, -0.05) is 17.7 Å². The second kappa shape index (κ2) is 7.16. The van der Waals surface area contributed by atoms with Crippen molar-refractivity contribution < 1.29 is 9.18 Å². The molecule has 22 heavy (non-hydrogen) atoms. The maximum Gasteiger partial charge on any atom is 0.237 e. The van der Waals surface area contributed by atoms with Crippen LogP contribution in [0.5, 0.6) is 0 Å². The normalized spacial score (nSPS) is 12.0. The highest BCUT2D eigenvalue weighted by Crippen LogP contribution is 2.27. The minimum Gasteiger partial charge on any atom is -0.324 e. The smallest absolute Gasteiger partial charge is 0.237 e. The Kier molecular flexibility index (Phi) is 5.48. The van der Waals surface area contributed by atoms with Gasteiger partial charge in [0.2, 0.25) is 5.91 Å². The van der Waals surface area contributed by atoms with E-state index in [0.29, 0.717) is 5.69 Å². The van der Waals surface area contributed by atoms with Crippen LogP contribution in [0.2, 0.25) is 5.02 Å². The Hall–Kier alpha value is -1.52. The molecule has 0 saturated carbocycles. The number of hydrogen-bond acceptors (Lipinski definition) is 2. The highest BCUT2D eigenvalue weighted by Gasteiger charge is 2.16. The molecule has 0 aliphatic carbocycles. The van der Waals surface area contributed by atoms with Gasteiger partial charge in [0.1, 0.15) is 5.82 Å². The molecule has 5 heteroatoms. The van der Waals surface area contributed by atoms with Crippen molar-refractivity contribution in [2.75, 3.05) is 5.32 Å². The van der Waals surface area contributed by atoms with Crippen molar-refractivity contribution >= 4 is 35.0 Å². The Labute approximate surface area is 139 Å². The second-order valence-corrected chi connectivity index (χ2v) is 6.94. The zero-order valence-electron chi connectivity index (χ0n) is 12.6. The zero-order chi connectivity index (χ0) is 16.3. The number of hydrogen-bond donors (Lipinski definition) is 1. The van der Waals surface area contributed by atoms with Crippen LogP contribution in [0.1, 0.15) is 18.1 Å². The Balaban J connectivity index is 2.04. The van der Waals surface area contributed by atoms with Crippen LogP contribution >= 0.6 is 23.4 Å². The minimum atomic E-state index is -0.430. The molecular weight excluding hydrogens is 321 g/mol. The van der Waals surface area contributed by atoms with Crippen molar-refractivity contribution in [3.8, 4) is 0 Å². The molecule has 1 N–H and O–H groups in total. The Morgan fingerprint density at radius 1 is 1.18 bits per heavy atom. The van der Waals surface area contributed by atoms with E-state index in [4.69, 9.17) is 11.6 Å². The number of anilines is 1. The third kappa shape index (κ3) is 4.24. The number of carbonyl (C=O) groups excluding carboxylic acids is 1. The quantitative estimate of drug-likeness (QED) is 0.775. The van der Waals surface area contributed by atoms with Gasteiger partial charge in [0.15, 0.2) is 0 Å². The molecule has 0 aliphatic rings. The fourth-order valence-corrected chi connectivity index (χ4v) is 3.05. The fourth-order valence-electron chi connectivity index (χ4n) is 1.87. The van der Waals surface area contributed by atoms with Gasteiger partial charge in [-0.2, -0.15) is 0 Å². The van der Waals surface area contributed by atoms with Crippen molar-refractivity contribution in [3.63, 3.8) is 0 Å². The van der Waals surface area contributed by atoms with Crippen molar-refractivity contribution in [3.05, 3.63) is 58.4 Å². The summed E-state index contributed by atoms with van der Waals surface area (Å²) in [5, 5.41) is 2.63. The molecule has 2 aromatic rings. The molecule has 0 bridgehead atoms. The average molecular weight is 338 g/mol. The number of carbonyl (C=O) groups is 1. The van der Waals surface area contributed by atoms with Gasteiger partial charge in [0.05, 0.1) is 16.0 Å². The van der Waals surface area contributed by atoms with Gasteiger partial charge in [0.25, 0.3) is 0 Å². The second-order valence-electron chi connectivity index (χ2n) is 5.12. The van der Waals surface area contributed by atoms with Crippen molar-refractivity contribution in [1.82, 2.24) is 0 Å². The maximum atomic E-state index is 13.0. The van der Waals surface area contributed by atoms with Gasteiger partial charge in [-0.3, -0.25) is 4.79 Å². The minimum absolute atomic E-state index is 0.170. The lowest BCUT2D eigenvalue weighted by atomic mass is 10.1. The molecule has 2 aromatic carbocycles. The molecule has 2 rings (SSSR count). The van der Waals surface area contributed by atoms with Crippen LogP contribution < -0.4 is 5.32 Å². The Morgan fingerprint density at radius 2 is 1.91 bits per heavy atom. The number of rotatable bonds is 4. The molecule has 1 atom stereocenters. The highest BCUT2D eigenvalue weighted by molar-refractivity contribution is 8.00. The van der Waals surface area contributed by atoms with Gasteiger partial charge in [0, 0.05) is 4.90 Å². The standard InChI is InChI=1S/C17H17ClFNOS/c1-10-4-6-14(8-11(10)2)22-12(3)17(21)20-16-7-5-13(19)9-15(16)18/h4-9,12H,1-3H3,(H,20,21)/t12-/m0/s1. The average Bonchev–Trinajstić information content (AvgIpc) is 2.45. The van der Waals surface area contributed by atoms with E-state index in [-0.39, 0.29) is 16.2 Å². The summed E-state index contributed by atoms with van der Waals surface area (Å²) in [6.07, 6.45) is 0. The predicted octanol–water partition coefficient (Wildman–Crippen LogP) is 5.22. The van der Waals surface area contributed by atoms with E-state index >= 15 is 0 Å². The third-order valence-corrected chi connectivity index (χ3v) is 4.76. The molecule has 0 saturated heterocycles. The number of halogens is 2. The monoisotopic (exact) mass is 337 g/mol. The lowest BCUT2D eigenvalue weighted by molar-refractivity contribution is -0.115. The lowest BCUT2D eigenvalue weighted by Crippen LogP contribution is -2.22. The first-order chi connectivity index (χ1) is 10.4. The Bertz CT molecular complexity index is 705. The van der Waals surface area contributed by atoms with E-state index in [1.54, 1.807) is 0 Å². The van der Waals surface area contributed by atoms with E-state index < -0.39 is 5.82 Å². The van der Waals surface area contributed by atoms with Crippen molar-refractivity contribution in [2.24, 2.45) is 0 Å². The first-order valence-electron chi connectivity index (χ1n) is 6.86. The summed E-state index contributed by atoms with van der Waals surface area (Å²) in [5.74, 6) is -0.600. The van der Waals surface area contributed by atoms with E-state index in [9.17, 15) is 9.18 Å². The molecular formula is C17H17ClFNOS. The number of aryl methyl sites for hydroxylation is 2. The van der Waals surface area contributed by atoms with Gasteiger partial charge < -0.3 is 5.32 Å². The first kappa shape index (κ1) is 16.8. The van der Waals surface area contributed by atoms with Gasteiger partial charge >= 0.3 is 0 Å². The van der Waals surface area contributed by atoms with E-state index in [1.165, 1.54) is 41.1 Å². The summed E-state index contributed by atoms with van der Waals surface area (Å²) >= 11 is 7.39. The summed E-state index contributed by atoms with van der Waals surface area (Å²) < 4.78 is 13.0. The van der Waals surface area contributed by atoms with Crippen LogP contribution in [0, 0.1) is 19.7 Å². The summed E-state index contributed by atoms with van der Waals surface area (Å²) in [7, 11) is 0. The zero-order valence-corrected chi connectivity index (χ0v) is 14.2. The molecule has 0 fully saturated rings. The maximum absolute atomic E-state index is 13.0. The van der Waals surface area contributed by atoms with E-state index in [2.05, 4.69) is 18.3 Å². The summed E-state index contributed by atoms with van der Waals surface area (Å²) in [4.78, 5) is 13.3. The topological polar surface area (TPSA) is 29.1 Å². The van der Waals surface area contributed by atoms with Crippen molar-refractivity contribution in [2.45, 2.75) is 30.9 Å². The summed E-state index contributed by atoms with van der Waals surface area (Å²) in [5.41, 5.74) is 2.83. The van der Waals surface area contributed by atoms with Crippen LogP contribution in [0.3, 0.4) is 0 Å². The molecule has 0 unspecified atom stereocenters. The van der Waals surface area contributed by atoms with E-state index in [0.717, 1.165) is 4.90 Å².